The molecule has 0 radical (unpaired) electrons. The minimum Gasteiger partial charge on any atom is -0.340 e. The molecule has 4 rings (SSSR count). The molecule has 2 fully saturated rings. The molecule has 1 aliphatic carbocycles. The van der Waals surface area contributed by atoms with Crippen LogP contribution >= 0.6 is 0 Å². The Labute approximate surface area is 142 Å². The summed E-state index contributed by atoms with van der Waals surface area (Å²) in [7, 11) is 1.90. The molecule has 0 amide bonds. The fraction of sp³-hybridized carbons (Fsp3) is 0.647. The molecular formula is C17H25N7. The molecule has 1 unspecified atom stereocenters. The van der Waals surface area contributed by atoms with Crippen LogP contribution in [0.4, 0.5) is 5.95 Å². The van der Waals surface area contributed by atoms with Crippen molar-refractivity contribution in [3.05, 3.63) is 30.1 Å². The minimum atomic E-state index is 0.445. The van der Waals surface area contributed by atoms with Crippen LogP contribution in [0.2, 0.25) is 0 Å². The first kappa shape index (κ1) is 15.5. The first-order valence-corrected chi connectivity index (χ1v) is 8.94. The Morgan fingerprint density at radius 2 is 2.04 bits per heavy atom. The van der Waals surface area contributed by atoms with Crippen molar-refractivity contribution in [2.24, 2.45) is 13.0 Å². The molecule has 1 N–H and O–H groups in total. The SMILES string of the molecule is Cn1nnnc1N1CCC(NC(c2cccnc2)C2CCC2)CC1. The smallest absolute Gasteiger partial charge is 0.245 e. The Bertz CT molecular complexity index is 644. The lowest BCUT2D eigenvalue weighted by molar-refractivity contribution is 0.206. The molecule has 0 aromatic carbocycles. The van der Waals surface area contributed by atoms with Crippen LogP contribution in [0.25, 0.3) is 0 Å². The highest BCUT2D eigenvalue weighted by atomic mass is 15.6. The predicted molar refractivity (Wildman–Crippen MR) is 91.5 cm³/mol. The van der Waals surface area contributed by atoms with Crippen molar-refractivity contribution < 1.29 is 0 Å². The molecule has 7 heteroatoms. The standard InChI is InChI=1S/C17H25N7/c1-23-17(20-21-22-23)24-10-7-15(8-11-24)19-16(13-4-2-5-13)14-6-3-9-18-12-14/h3,6,9,12-13,15-16,19H,2,4-5,7-8,10-11H2,1H3. The normalized spacial score (nSPS) is 20.8. The molecule has 2 aliphatic rings. The predicted octanol–water partition coefficient (Wildman–Crippen LogP) is 1.70. The molecule has 2 aromatic rings. The zero-order valence-corrected chi connectivity index (χ0v) is 14.2. The van der Waals surface area contributed by atoms with Gasteiger partial charge in [0.2, 0.25) is 5.95 Å². The van der Waals surface area contributed by atoms with Crippen molar-refractivity contribution in [3.8, 4) is 0 Å². The number of piperidine rings is 1. The maximum atomic E-state index is 4.32. The molecule has 128 valence electrons. The van der Waals surface area contributed by atoms with Gasteiger partial charge in [-0.25, -0.2) is 4.68 Å². The number of hydrogen-bond donors (Lipinski definition) is 1. The summed E-state index contributed by atoms with van der Waals surface area (Å²) < 4.78 is 1.75. The number of hydrogen-bond acceptors (Lipinski definition) is 6. The van der Waals surface area contributed by atoms with Gasteiger partial charge in [-0.2, -0.15) is 0 Å². The number of nitrogens with one attached hydrogen (secondary N) is 1. The summed E-state index contributed by atoms with van der Waals surface area (Å²) in [4.78, 5) is 6.60. The Balaban J connectivity index is 1.39. The van der Waals surface area contributed by atoms with E-state index in [1.54, 1.807) is 4.68 Å². The summed E-state index contributed by atoms with van der Waals surface area (Å²) in [6.45, 7) is 1.99. The maximum absolute atomic E-state index is 4.32. The fourth-order valence-corrected chi connectivity index (χ4v) is 3.83. The Morgan fingerprint density at radius 3 is 2.62 bits per heavy atom. The first-order valence-electron chi connectivity index (χ1n) is 8.94. The highest BCUT2D eigenvalue weighted by Crippen LogP contribution is 2.38. The van der Waals surface area contributed by atoms with Crippen LogP contribution in [0.3, 0.4) is 0 Å². The summed E-state index contributed by atoms with van der Waals surface area (Å²) in [6, 6.07) is 5.25. The van der Waals surface area contributed by atoms with Gasteiger partial charge >= 0.3 is 0 Å². The molecule has 3 heterocycles. The average molecular weight is 327 g/mol. The number of tetrazole rings is 1. The van der Waals surface area contributed by atoms with Gasteiger partial charge in [-0.05, 0) is 53.7 Å². The molecule has 1 saturated heterocycles. The Hall–Kier alpha value is -2.02. The zero-order chi connectivity index (χ0) is 16.4. The van der Waals surface area contributed by atoms with Crippen LogP contribution in [0.5, 0.6) is 0 Å². The van der Waals surface area contributed by atoms with Gasteiger partial charge in [-0.1, -0.05) is 17.6 Å². The molecule has 24 heavy (non-hydrogen) atoms. The first-order chi connectivity index (χ1) is 11.8. The highest BCUT2D eigenvalue weighted by molar-refractivity contribution is 5.28. The third kappa shape index (κ3) is 3.13. The lowest BCUT2D eigenvalue weighted by atomic mass is 9.77. The number of nitrogens with zero attached hydrogens (tertiary/aromatic N) is 6. The summed E-state index contributed by atoms with van der Waals surface area (Å²) >= 11 is 0. The highest BCUT2D eigenvalue weighted by Gasteiger charge is 2.31. The Kier molecular flexibility index (Phi) is 4.42. The van der Waals surface area contributed by atoms with Crippen LogP contribution < -0.4 is 10.2 Å². The monoisotopic (exact) mass is 327 g/mol. The van der Waals surface area contributed by atoms with Gasteiger partial charge in [-0.3, -0.25) is 4.98 Å². The molecule has 1 aliphatic heterocycles. The molecular weight excluding hydrogens is 302 g/mol. The molecule has 2 aromatic heterocycles. The quantitative estimate of drug-likeness (QED) is 0.901. The number of pyridine rings is 1. The van der Waals surface area contributed by atoms with E-state index in [2.05, 4.69) is 36.8 Å². The van der Waals surface area contributed by atoms with Crippen LogP contribution in [0.1, 0.15) is 43.7 Å². The lowest BCUT2D eigenvalue weighted by Gasteiger charge is -2.39. The second kappa shape index (κ2) is 6.84. The number of anilines is 1. The van der Waals surface area contributed by atoms with Gasteiger partial charge in [0.1, 0.15) is 0 Å². The molecule has 0 spiro atoms. The average Bonchev–Trinajstić information content (AvgIpc) is 3.00. The zero-order valence-electron chi connectivity index (χ0n) is 14.2. The van der Waals surface area contributed by atoms with E-state index in [9.17, 15) is 0 Å². The van der Waals surface area contributed by atoms with Crippen LogP contribution in [0, 0.1) is 5.92 Å². The van der Waals surface area contributed by atoms with Crippen LogP contribution in [0.15, 0.2) is 24.5 Å². The van der Waals surface area contributed by atoms with E-state index in [4.69, 9.17) is 0 Å². The summed E-state index contributed by atoms with van der Waals surface area (Å²) in [5.74, 6) is 1.63. The van der Waals surface area contributed by atoms with Crippen molar-refractivity contribution in [1.29, 1.82) is 0 Å². The van der Waals surface area contributed by atoms with Crippen molar-refractivity contribution in [1.82, 2.24) is 30.5 Å². The van der Waals surface area contributed by atoms with Gasteiger partial charge in [0.25, 0.3) is 0 Å². The molecule has 0 bridgehead atoms. The number of aromatic nitrogens is 5. The topological polar surface area (TPSA) is 71.8 Å². The molecule has 1 saturated carbocycles. The van der Waals surface area contributed by atoms with Gasteiger partial charge in [0.15, 0.2) is 0 Å². The van der Waals surface area contributed by atoms with E-state index in [0.717, 1.165) is 37.8 Å². The molecule has 1 atom stereocenters. The van der Waals surface area contributed by atoms with Gasteiger partial charge in [-0.15, -0.1) is 0 Å². The van der Waals surface area contributed by atoms with E-state index in [1.807, 2.05) is 25.5 Å². The van der Waals surface area contributed by atoms with E-state index in [-0.39, 0.29) is 0 Å². The van der Waals surface area contributed by atoms with Crippen molar-refractivity contribution >= 4 is 5.95 Å². The van der Waals surface area contributed by atoms with Crippen LogP contribution in [-0.4, -0.2) is 44.3 Å². The Morgan fingerprint density at radius 1 is 1.21 bits per heavy atom. The van der Waals surface area contributed by atoms with Crippen molar-refractivity contribution in [3.63, 3.8) is 0 Å². The fourth-order valence-electron chi connectivity index (χ4n) is 3.83. The van der Waals surface area contributed by atoms with Crippen molar-refractivity contribution in [2.75, 3.05) is 18.0 Å². The van der Waals surface area contributed by atoms with E-state index >= 15 is 0 Å². The number of rotatable bonds is 5. The summed E-state index contributed by atoms with van der Waals surface area (Å²) in [5.41, 5.74) is 1.34. The third-order valence-corrected chi connectivity index (χ3v) is 5.46. The summed E-state index contributed by atoms with van der Waals surface area (Å²) in [5, 5.41) is 15.7. The lowest BCUT2D eigenvalue weighted by Crippen LogP contribution is -2.46. The van der Waals surface area contributed by atoms with Crippen molar-refractivity contribution in [2.45, 2.75) is 44.2 Å². The van der Waals surface area contributed by atoms with Gasteiger partial charge in [0.05, 0.1) is 0 Å². The van der Waals surface area contributed by atoms with E-state index in [1.165, 1.54) is 24.8 Å². The maximum Gasteiger partial charge on any atom is 0.245 e. The van der Waals surface area contributed by atoms with Gasteiger partial charge < -0.3 is 10.2 Å². The minimum absolute atomic E-state index is 0.445. The van der Waals surface area contributed by atoms with E-state index in [0.29, 0.717) is 12.1 Å². The third-order valence-electron chi connectivity index (χ3n) is 5.46. The second-order valence-electron chi connectivity index (χ2n) is 6.99. The number of aryl methyl sites for hydroxylation is 1. The van der Waals surface area contributed by atoms with Gasteiger partial charge in [0, 0.05) is 44.6 Å². The largest absolute Gasteiger partial charge is 0.340 e. The molecule has 7 nitrogen and oxygen atoms in total. The van der Waals surface area contributed by atoms with Crippen LogP contribution in [-0.2, 0) is 7.05 Å². The second-order valence-corrected chi connectivity index (χ2v) is 6.99. The summed E-state index contributed by atoms with van der Waals surface area (Å²) in [6.07, 6.45) is 10.1. The van der Waals surface area contributed by atoms with E-state index < -0.39 is 0 Å².